The molecule has 1 aromatic heterocycles. The molecule has 0 radical (unpaired) electrons. The standard InChI is InChI=1S/C16H30N4O2S.ClH/c1-11(2)10-20-13(4)16(12(3)18-20)23(21,22)19-15(9-17)14-7-5-6-8-14;/h11,14-15,19H,5-10,17H2,1-4H3;1H. The molecule has 0 aromatic carbocycles. The fraction of sp³-hybridized carbons (Fsp3) is 0.812. The molecule has 1 heterocycles. The Morgan fingerprint density at radius 3 is 2.38 bits per heavy atom. The Morgan fingerprint density at radius 1 is 1.29 bits per heavy atom. The second-order valence-electron chi connectivity index (χ2n) is 7.08. The predicted octanol–water partition coefficient (Wildman–Crippen LogP) is 2.37. The van der Waals surface area contributed by atoms with Crippen LogP contribution in [0, 0.1) is 25.7 Å². The van der Waals surface area contributed by atoms with Crippen molar-refractivity contribution in [2.24, 2.45) is 17.6 Å². The fourth-order valence-corrected chi connectivity index (χ4v) is 5.28. The average molecular weight is 379 g/mol. The van der Waals surface area contributed by atoms with Gasteiger partial charge in [0.15, 0.2) is 0 Å². The van der Waals surface area contributed by atoms with Gasteiger partial charge >= 0.3 is 0 Å². The number of nitrogens with zero attached hydrogens (tertiary/aromatic N) is 2. The lowest BCUT2D eigenvalue weighted by Gasteiger charge is -2.23. The molecule has 140 valence electrons. The maximum absolute atomic E-state index is 12.9. The molecule has 8 heteroatoms. The summed E-state index contributed by atoms with van der Waals surface area (Å²) in [6.07, 6.45) is 4.42. The summed E-state index contributed by atoms with van der Waals surface area (Å²) in [5.41, 5.74) is 7.09. The summed E-state index contributed by atoms with van der Waals surface area (Å²) in [5.74, 6) is 0.757. The molecule has 24 heavy (non-hydrogen) atoms. The zero-order chi connectivity index (χ0) is 17.2. The minimum absolute atomic E-state index is 0. The molecule has 0 amide bonds. The Morgan fingerprint density at radius 2 is 1.88 bits per heavy atom. The summed E-state index contributed by atoms with van der Waals surface area (Å²) in [6, 6.07) is -0.185. The minimum Gasteiger partial charge on any atom is -0.329 e. The van der Waals surface area contributed by atoms with Gasteiger partial charge in [0.05, 0.1) is 11.4 Å². The third-order valence-electron chi connectivity index (χ3n) is 4.65. The summed E-state index contributed by atoms with van der Waals surface area (Å²) in [5, 5.41) is 4.41. The summed E-state index contributed by atoms with van der Waals surface area (Å²) >= 11 is 0. The Kier molecular flexibility index (Phi) is 7.72. The lowest BCUT2D eigenvalue weighted by atomic mass is 9.99. The molecule has 1 fully saturated rings. The Balaban J connectivity index is 0.00000288. The molecular weight excluding hydrogens is 348 g/mol. The maximum Gasteiger partial charge on any atom is 0.244 e. The van der Waals surface area contributed by atoms with Crippen molar-refractivity contribution in [3.8, 4) is 0 Å². The number of nitrogens with two attached hydrogens (primary N) is 1. The predicted molar refractivity (Wildman–Crippen MR) is 98.9 cm³/mol. The Hall–Kier alpha value is -0.630. The molecule has 2 rings (SSSR count). The number of hydrogen-bond acceptors (Lipinski definition) is 4. The van der Waals surface area contributed by atoms with Crippen molar-refractivity contribution in [1.82, 2.24) is 14.5 Å². The van der Waals surface area contributed by atoms with E-state index in [2.05, 4.69) is 23.7 Å². The highest BCUT2D eigenvalue weighted by atomic mass is 35.5. The van der Waals surface area contributed by atoms with E-state index in [4.69, 9.17) is 5.73 Å². The first-order valence-corrected chi connectivity index (χ1v) is 10.0. The second-order valence-corrected chi connectivity index (χ2v) is 8.73. The van der Waals surface area contributed by atoms with Gasteiger partial charge in [-0.2, -0.15) is 5.10 Å². The molecule has 1 unspecified atom stereocenters. The number of hydrogen-bond donors (Lipinski definition) is 2. The van der Waals surface area contributed by atoms with Crippen molar-refractivity contribution < 1.29 is 8.42 Å². The van der Waals surface area contributed by atoms with Crippen LogP contribution in [-0.4, -0.2) is 30.8 Å². The summed E-state index contributed by atoms with van der Waals surface area (Å²) < 4.78 is 30.4. The van der Waals surface area contributed by atoms with Crippen LogP contribution in [0.4, 0.5) is 0 Å². The van der Waals surface area contributed by atoms with Gasteiger partial charge in [0.2, 0.25) is 10.0 Å². The topological polar surface area (TPSA) is 90.0 Å². The van der Waals surface area contributed by atoms with E-state index in [0.29, 0.717) is 41.2 Å². The minimum atomic E-state index is -3.60. The molecule has 1 aliphatic rings. The van der Waals surface area contributed by atoms with Crippen LogP contribution in [0.1, 0.15) is 50.9 Å². The lowest BCUT2D eigenvalue weighted by Crippen LogP contribution is -2.44. The van der Waals surface area contributed by atoms with Gasteiger partial charge in [0, 0.05) is 19.1 Å². The molecule has 1 saturated carbocycles. The first-order valence-electron chi connectivity index (χ1n) is 8.52. The van der Waals surface area contributed by atoms with Gasteiger partial charge in [-0.25, -0.2) is 13.1 Å². The number of nitrogens with one attached hydrogen (secondary N) is 1. The molecule has 6 nitrogen and oxygen atoms in total. The third kappa shape index (κ3) is 4.71. The van der Waals surface area contributed by atoms with Crippen molar-refractivity contribution in [3.05, 3.63) is 11.4 Å². The maximum atomic E-state index is 12.9. The number of aryl methyl sites for hydroxylation is 1. The van der Waals surface area contributed by atoms with Crippen molar-refractivity contribution in [3.63, 3.8) is 0 Å². The van der Waals surface area contributed by atoms with E-state index in [-0.39, 0.29) is 18.4 Å². The van der Waals surface area contributed by atoms with Crippen molar-refractivity contribution in [1.29, 1.82) is 0 Å². The highest BCUT2D eigenvalue weighted by Crippen LogP contribution is 2.29. The van der Waals surface area contributed by atoms with Gasteiger partial charge in [-0.05, 0) is 38.5 Å². The molecule has 1 aromatic rings. The zero-order valence-corrected chi connectivity index (χ0v) is 16.7. The average Bonchev–Trinajstić information content (AvgIpc) is 3.05. The number of rotatable bonds is 7. The molecule has 3 N–H and O–H groups in total. The Labute approximate surface area is 152 Å². The first kappa shape index (κ1) is 21.4. The van der Waals surface area contributed by atoms with Gasteiger partial charge < -0.3 is 5.73 Å². The van der Waals surface area contributed by atoms with Gasteiger partial charge in [-0.15, -0.1) is 12.4 Å². The lowest BCUT2D eigenvalue weighted by molar-refractivity contribution is 0.405. The molecule has 1 aliphatic carbocycles. The summed E-state index contributed by atoms with van der Waals surface area (Å²) in [4.78, 5) is 0.314. The van der Waals surface area contributed by atoms with E-state index in [1.54, 1.807) is 11.6 Å². The molecular formula is C16H31ClN4O2S. The van der Waals surface area contributed by atoms with Crippen LogP contribution in [0.25, 0.3) is 0 Å². The van der Waals surface area contributed by atoms with Crippen LogP contribution in [-0.2, 0) is 16.6 Å². The molecule has 1 atom stereocenters. The van der Waals surface area contributed by atoms with E-state index < -0.39 is 10.0 Å². The van der Waals surface area contributed by atoms with Crippen molar-refractivity contribution in [2.75, 3.05) is 6.54 Å². The quantitative estimate of drug-likeness (QED) is 0.762. The van der Waals surface area contributed by atoms with Gasteiger partial charge in [0.1, 0.15) is 4.90 Å². The number of sulfonamides is 1. The normalized spacial score (nSPS) is 17.2. The zero-order valence-electron chi connectivity index (χ0n) is 15.1. The molecule has 0 aliphatic heterocycles. The first-order chi connectivity index (χ1) is 10.8. The molecule has 0 saturated heterocycles. The van der Waals surface area contributed by atoms with Gasteiger partial charge in [-0.3, -0.25) is 4.68 Å². The molecule has 0 bridgehead atoms. The number of aromatic nitrogens is 2. The van der Waals surface area contributed by atoms with Gasteiger partial charge in [0.25, 0.3) is 0 Å². The fourth-order valence-electron chi connectivity index (χ4n) is 3.55. The van der Waals surface area contributed by atoms with Crippen LogP contribution in [0.15, 0.2) is 4.90 Å². The van der Waals surface area contributed by atoms with Crippen LogP contribution in [0.2, 0.25) is 0 Å². The summed E-state index contributed by atoms with van der Waals surface area (Å²) in [6.45, 7) is 8.81. The second kappa shape index (κ2) is 8.65. The van der Waals surface area contributed by atoms with E-state index in [0.717, 1.165) is 25.7 Å². The van der Waals surface area contributed by atoms with Gasteiger partial charge in [-0.1, -0.05) is 26.7 Å². The van der Waals surface area contributed by atoms with Crippen LogP contribution in [0.5, 0.6) is 0 Å². The highest BCUT2D eigenvalue weighted by Gasteiger charge is 2.31. The van der Waals surface area contributed by atoms with E-state index in [1.165, 1.54) is 0 Å². The number of halogens is 1. The van der Waals surface area contributed by atoms with E-state index in [9.17, 15) is 8.42 Å². The smallest absolute Gasteiger partial charge is 0.244 e. The van der Waals surface area contributed by atoms with Crippen LogP contribution < -0.4 is 10.5 Å². The monoisotopic (exact) mass is 378 g/mol. The summed E-state index contributed by atoms with van der Waals surface area (Å²) in [7, 11) is -3.60. The van der Waals surface area contributed by atoms with E-state index in [1.807, 2.05) is 6.92 Å². The van der Waals surface area contributed by atoms with Crippen LogP contribution >= 0.6 is 12.4 Å². The molecule has 0 spiro atoms. The highest BCUT2D eigenvalue weighted by molar-refractivity contribution is 7.89. The third-order valence-corrected chi connectivity index (χ3v) is 6.39. The van der Waals surface area contributed by atoms with E-state index >= 15 is 0 Å². The SMILES string of the molecule is Cc1nn(CC(C)C)c(C)c1S(=O)(=O)NC(CN)C1CCCC1.Cl. The Bertz CT molecular complexity index is 637. The van der Waals surface area contributed by atoms with Crippen molar-refractivity contribution >= 4 is 22.4 Å². The van der Waals surface area contributed by atoms with Crippen LogP contribution in [0.3, 0.4) is 0 Å². The largest absolute Gasteiger partial charge is 0.329 e. The van der Waals surface area contributed by atoms with Crippen molar-refractivity contribution in [2.45, 2.75) is 70.9 Å².